The molecular weight excluding hydrogens is 256 g/mol. The van der Waals surface area contributed by atoms with Crippen LogP contribution in [0.2, 0.25) is 0 Å². The lowest BCUT2D eigenvalue weighted by Gasteiger charge is -2.24. The van der Waals surface area contributed by atoms with E-state index in [0.29, 0.717) is 6.42 Å². The van der Waals surface area contributed by atoms with Gasteiger partial charge in [-0.05, 0) is 29.5 Å². The highest BCUT2D eigenvalue weighted by Crippen LogP contribution is 2.29. The number of carboxylic acids is 1. The van der Waals surface area contributed by atoms with Crippen molar-refractivity contribution in [1.29, 1.82) is 0 Å². The number of halogens is 1. The lowest BCUT2D eigenvalue weighted by molar-refractivity contribution is -0.137. The van der Waals surface area contributed by atoms with Gasteiger partial charge in [-0.15, -0.1) is 0 Å². The van der Waals surface area contributed by atoms with Gasteiger partial charge in [0, 0.05) is 10.9 Å². The van der Waals surface area contributed by atoms with E-state index in [1.165, 1.54) is 5.56 Å². The quantitative estimate of drug-likeness (QED) is 0.908. The van der Waals surface area contributed by atoms with Crippen molar-refractivity contribution in [2.45, 2.75) is 32.1 Å². The molecule has 1 aromatic rings. The summed E-state index contributed by atoms with van der Waals surface area (Å²) < 4.78 is 1.04. The average Bonchev–Trinajstić information content (AvgIpc) is 2.16. The predicted molar refractivity (Wildman–Crippen MR) is 64.0 cm³/mol. The van der Waals surface area contributed by atoms with Crippen molar-refractivity contribution >= 4 is 21.9 Å². The Morgan fingerprint density at radius 3 is 2.33 bits per heavy atom. The van der Waals surface area contributed by atoms with E-state index in [-0.39, 0.29) is 11.8 Å². The fourth-order valence-corrected chi connectivity index (χ4v) is 1.73. The van der Waals surface area contributed by atoms with Crippen molar-refractivity contribution in [2.24, 2.45) is 0 Å². The molecule has 0 saturated carbocycles. The van der Waals surface area contributed by atoms with E-state index < -0.39 is 5.97 Å². The van der Waals surface area contributed by atoms with Gasteiger partial charge in [0.25, 0.3) is 0 Å². The molecule has 0 aliphatic carbocycles. The summed E-state index contributed by atoms with van der Waals surface area (Å²) in [6.45, 7) is 4.14. The lowest BCUT2D eigenvalue weighted by atomic mass is 9.80. The summed E-state index contributed by atoms with van der Waals surface area (Å²) in [5, 5.41) is 8.66. The van der Waals surface area contributed by atoms with Crippen molar-refractivity contribution in [2.75, 3.05) is 0 Å². The number of carbonyl (C=O) groups is 1. The molecule has 0 heterocycles. The van der Waals surface area contributed by atoms with Gasteiger partial charge in [-0.1, -0.05) is 41.9 Å². The first-order valence-electron chi connectivity index (χ1n) is 4.90. The van der Waals surface area contributed by atoms with Crippen LogP contribution in [0.25, 0.3) is 0 Å². The third-order valence-corrected chi connectivity index (χ3v) is 3.12. The summed E-state index contributed by atoms with van der Waals surface area (Å²) in [7, 11) is 0. The van der Waals surface area contributed by atoms with E-state index in [4.69, 9.17) is 5.11 Å². The van der Waals surface area contributed by atoms with E-state index in [1.807, 2.05) is 24.3 Å². The topological polar surface area (TPSA) is 37.3 Å². The van der Waals surface area contributed by atoms with Crippen LogP contribution in [0.15, 0.2) is 28.7 Å². The van der Waals surface area contributed by atoms with E-state index in [0.717, 1.165) is 4.47 Å². The molecule has 2 nitrogen and oxygen atoms in total. The zero-order chi connectivity index (χ0) is 11.5. The summed E-state index contributed by atoms with van der Waals surface area (Å²) in [5.74, 6) is -0.736. The SMILES string of the molecule is CC(C)(CCC(=O)O)c1ccc(Br)cc1. The molecule has 0 spiro atoms. The Labute approximate surface area is 98.4 Å². The highest BCUT2D eigenvalue weighted by molar-refractivity contribution is 9.10. The third kappa shape index (κ3) is 3.67. The van der Waals surface area contributed by atoms with Gasteiger partial charge in [-0.2, -0.15) is 0 Å². The maximum absolute atomic E-state index is 10.5. The molecule has 0 aliphatic rings. The molecule has 0 atom stereocenters. The molecule has 0 amide bonds. The van der Waals surface area contributed by atoms with Crippen LogP contribution < -0.4 is 0 Å². The Morgan fingerprint density at radius 2 is 1.87 bits per heavy atom. The maximum atomic E-state index is 10.5. The maximum Gasteiger partial charge on any atom is 0.303 e. The third-order valence-electron chi connectivity index (χ3n) is 2.59. The molecule has 0 aliphatic heterocycles. The van der Waals surface area contributed by atoms with Gasteiger partial charge < -0.3 is 5.11 Å². The second-order valence-electron chi connectivity index (χ2n) is 4.28. The Bertz CT molecular complexity index is 341. The van der Waals surface area contributed by atoms with Crippen molar-refractivity contribution in [3.05, 3.63) is 34.3 Å². The Morgan fingerprint density at radius 1 is 1.33 bits per heavy atom. The predicted octanol–water partition coefficient (Wildman–Crippen LogP) is 3.59. The first-order valence-corrected chi connectivity index (χ1v) is 5.69. The van der Waals surface area contributed by atoms with Gasteiger partial charge in [-0.3, -0.25) is 4.79 Å². The number of aliphatic carboxylic acids is 1. The van der Waals surface area contributed by atoms with Crippen LogP contribution in [0.4, 0.5) is 0 Å². The van der Waals surface area contributed by atoms with Crippen molar-refractivity contribution < 1.29 is 9.90 Å². The monoisotopic (exact) mass is 270 g/mol. The van der Waals surface area contributed by atoms with Gasteiger partial charge in [0.05, 0.1) is 0 Å². The minimum Gasteiger partial charge on any atom is -0.481 e. The van der Waals surface area contributed by atoms with Gasteiger partial charge in [0.1, 0.15) is 0 Å². The molecule has 0 unspecified atom stereocenters. The second kappa shape index (κ2) is 4.79. The summed E-state index contributed by atoms with van der Waals surface area (Å²) in [5.41, 5.74) is 1.09. The number of rotatable bonds is 4. The molecule has 1 N–H and O–H groups in total. The minimum absolute atomic E-state index is 0.0842. The average molecular weight is 271 g/mol. The van der Waals surface area contributed by atoms with Crippen LogP contribution in [-0.2, 0) is 10.2 Å². The van der Waals surface area contributed by atoms with Crippen molar-refractivity contribution in [3.8, 4) is 0 Å². The fourth-order valence-electron chi connectivity index (χ4n) is 1.46. The van der Waals surface area contributed by atoms with Gasteiger partial charge in [0.2, 0.25) is 0 Å². The van der Waals surface area contributed by atoms with Gasteiger partial charge >= 0.3 is 5.97 Å². The molecule has 0 bridgehead atoms. The first kappa shape index (κ1) is 12.2. The van der Waals surface area contributed by atoms with E-state index in [9.17, 15) is 4.79 Å². The molecule has 0 fully saturated rings. The largest absolute Gasteiger partial charge is 0.481 e. The second-order valence-corrected chi connectivity index (χ2v) is 5.20. The first-order chi connectivity index (χ1) is 6.92. The molecule has 15 heavy (non-hydrogen) atoms. The number of hydrogen-bond donors (Lipinski definition) is 1. The standard InChI is InChI=1S/C12H15BrO2/c1-12(2,8-7-11(14)15)9-3-5-10(13)6-4-9/h3-6H,7-8H2,1-2H3,(H,14,15). The number of benzene rings is 1. The minimum atomic E-state index is -0.736. The van der Waals surface area contributed by atoms with Crippen LogP contribution in [0.3, 0.4) is 0 Å². The van der Waals surface area contributed by atoms with Crippen LogP contribution >= 0.6 is 15.9 Å². The highest BCUT2D eigenvalue weighted by atomic mass is 79.9. The number of carboxylic acid groups (broad SMARTS) is 1. The van der Waals surface area contributed by atoms with Crippen molar-refractivity contribution in [1.82, 2.24) is 0 Å². The Balaban J connectivity index is 2.76. The molecule has 0 radical (unpaired) electrons. The van der Waals surface area contributed by atoms with Gasteiger partial charge in [0.15, 0.2) is 0 Å². The summed E-state index contributed by atoms with van der Waals surface area (Å²) in [6, 6.07) is 8.04. The molecule has 82 valence electrons. The molecule has 0 aromatic heterocycles. The van der Waals surface area contributed by atoms with E-state index in [1.54, 1.807) is 0 Å². The Kier molecular flexibility index (Phi) is 3.91. The molecule has 0 saturated heterocycles. The van der Waals surface area contributed by atoms with Crippen LogP contribution in [-0.4, -0.2) is 11.1 Å². The zero-order valence-corrected chi connectivity index (χ0v) is 10.5. The highest BCUT2D eigenvalue weighted by Gasteiger charge is 2.21. The molecule has 1 aromatic carbocycles. The fraction of sp³-hybridized carbons (Fsp3) is 0.417. The normalized spacial score (nSPS) is 11.4. The van der Waals surface area contributed by atoms with E-state index >= 15 is 0 Å². The molecular formula is C12H15BrO2. The van der Waals surface area contributed by atoms with Crippen LogP contribution in [0.5, 0.6) is 0 Å². The summed E-state index contributed by atoms with van der Waals surface area (Å²) in [4.78, 5) is 10.5. The van der Waals surface area contributed by atoms with Crippen LogP contribution in [0, 0.1) is 0 Å². The van der Waals surface area contributed by atoms with Crippen molar-refractivity contribution in [3.63, 3.8) is 0 Å². The lowest BCUT2D eigenvalue weighted by Crippen LogP contribution is -2.18. The van der Waals surface area contributed by atoms with Gasteiger partial charge in [-0.25, -0.2) is 0 Å². The summed E-state index contributed by atoms with van der Waals surface area (Å²) in [6.07, 6.45) is 0.868. The summed E-state index contributed by atoms with van der Waals surface area (Å²) >= 11 is 3.38. The Hall–Kier alpha value is -0.830. The van der Waals surface area contributed by atoms with Crippen LogP contribution in [0.1, 0.15) is 32.3 Å². The molecule has 3 heteroatoms. The zero-order valence-electron chi connectivity index (χ0n) is 8.96. The van der Waals surface area contributed by atoms with E-state index in [2.05, 4.69) is 29.8 Å². The molecule has 1 rings (SSSR count). The smallest absolute Gasteiger partial charge is 0.303 e. The number of hydrogen-bond acceptors (Lipinski definition) is 1.